The number of fused-ring (bicyclic) bond motifs is 3. The summed E-state index contributed by atoms with van der Waals surface area (Å²) in [5.41, 5.74) is 3.31. The molecule has 3 aromatic rings. The van der Waals surface area contributed by atoms with Crippen molar-refractivity contribution < 1.29 is 4.74 Å². The Balaban J connectivity index is 1.84. The number of rotatable bonds is 5. The van der Waals surface area contributed by atoms with Crippen molar-refractivity contribution in [2.45, 2.75) is 39.7 Å². The third kappa shape index (κ3) is 2.91. The van der Waals surface area contributed by atoms with E-state index in [0.717, 1.165) is 50.1 Å². The Morgan fingerprint density at radius 1 is 1.25 bits per heavy atom. The molecule has 0 aliphatic carbocycles. The summed E-state index contributed by atoms with van der Waals surface area (Å²) in [6.45, 7) is 7.30. The number of pyridine rings is 1. The molecule has 1 atom stereocenters. The van der Waals surface area contributed by atoms with E-state index in [9.17, 15) is 0 Å². The minimum Gasteiger partial charge on any atom is -0.381 e. The van der Waals surface area contributed by atoms with Crippen molar-refractivity contribution in [2.24, 2.45) is 11.8 Å². The number of nitrogens with zero attached hydrogens (tertiary/aromatic N) is 3. The normalized spacial score (nSPS) is 18.2. The fraction of sp³-hybridized carbons (Fsp3) is 0.500. The summed E-state index contributed by atoms with van der Waals surface area (Å²) in [6, 6.07) is 8.39. The van der Waals surface area contributed by atoms with Crippen LogP contribution in [0.3, 0.4) is 0 Å². The van der Waals surface area contributed by atoms with Gasteiger partial charge in [-0.3, -0.25) is 4.98 Å². The van der Waals surface area contributed by atoms with Gasteiger partial charge in [0.1, 0.15) is 11.3 Å². The summed E-state index contributed by atoms with van der Waals surface area (Å²) >= 11 is 0. The Bertz CT molecular complexity index is 847. The van der Waals surface area contributed by atoms with Crippen molar-refractivity contribution in [3.8, 4) is 0 Å². The van der Waals surface area contributed by atoms with Crippen molar-refractivity contribution in [1.29, 1.82) is 0 Å². The van der Waals surface area contributed by atoms with E-state index in [0.29, 0.717) is 11.8 Å². The number of para-hydroxylation sites is 1. The quantitative estimate of drug-likeness (QED) is 0.706. The predicted octanol–water partition coefficient (Wildman–Crippen LogP) is 4.21. The van der Waals surface area contributed by atoms with Gasteiger partial charge in [-0.2, -0.15) is 0 Å². The molecule has 3 heterocycles. The van der Waals surface area contributed by atoms with Crippen LogP contribution in [0.2, 0.25) is 0 Å². The fourth-order valence-electron chi connectivity index (χ4n) is 3.60. The molecule has 0 N–H and O–H groups in total. The van der Waals surface area contributed by atoms with E-state index in [1.54, 1.807) is 0 Å². The van der Waals surface area contributed by atoms with E-state index < -0.39 is 0 Å². The Morgan fingerprint density at radius 2 is 2.12 bits per heavy atom. The molecule has 1 aromatic carbocycles. The molecule has 1 aliphatic heterocycles. The first-order valence-corrected chi connectivity index (χ1v) is 9.03. The Kier molecular flexibility index (Phi) is 4.23. The monoisotopic (exact) mass is 323 g/mol. The zero-order valence-electron chi connectivity index (χ0n) is 14.5. The lowest BCUT2D eigenvalue weighted by atomic mass is 10.1. The van der Waals surface area contributed by atoms with Gasteiger partial charge in [0.2, 0.25) is 0 Å². The number of benzene rings is 1. The third-order valence-electron chi connectivity index (χ3n) is 4.97. The summed E-state index contributed by atoms with van der Waals surface area (Å²) in [7, 11) is 0. The van der Waals surface area contributed by atoms with Crippen LogP contribution in [0.25, 0.3) is 21.9 Å². The Morgan fingerprint density at radius 3 is 2.92 bits per heavy atom. The average Bonchev–Trinajstić information content (AvgIpc) is 3.21. The largest absolute Gasteiger partial charge is 0.381 e. The molecule has 1 unspecified atom stereocenters. The summed E-state index contributed by atoms with van der Waals surface area (Å²) in [6.07, 6.45) is 5.26. The number of imidazole rings is 1. The van der Waals surface area contributed by atoms with Crippen LogP contribution in [0.5, 0.6) is 0 Å². The molecule has 4 heteroatoms. The van der Waals surface area contributed by atoms with Crippen molar-refractivity contribution in [1.82, 2.24) is 14.5 Å². The molecule has 1 saturated heterocycles. The molecular formula is C20H25N3O. The molecule has 1 fully saturated rings. The molecule has 126 valence electrons. The van der Waals surface area contributed by atoms with Gasteiger partial charge >= 0.3 is 0 Å². The minimum atomic E-state index is 0.590. The van der Waals surface area contributed by atoms with Gasteiger partial charge in [-0.15, -0.1) is 0 Å². The maximum Gasteiger partial charge on any atom is 0.109 e. The molecule has 2 aromatic heterocycles. The van der Waals surface area contributed by atoms with Crippen LogP contribution in [0.15, 0.2) is 30.5 Å². The molecule has 4 nitrogen and oxygen atoms in total. The van der Waals surface area contributed by atoms with Crippen LogP contribution in [0.1, 0.15) is 32.5 Å². The zero-order valence-corrected chi connectivity index (χ0v) is 14.5. The lowest BCUT2D eigenvalue weighted by Gasteiger charge is -2.14. The molecule has 0 spiro atoms. The van der Waals surface area contributed by atoms with Gasteiger partial charge in [-0.25, -0.2) is 4.98 Å². The lowest BCUT2D eigenvalue weighted by molar-refractivity contribution is 0.182. The summed E-state index contributed by atoms with van der Waals surface area (Å²) in [4.78, 5) is 9.53. The number of ether oxygens (including phenoxy) is 1. The highest BCUT2D eigenvalue weighted by Crippen LogP contribution is 2.28. The lowest BCUT2D eigenvalue weighted by Crippen LogP contribution is -2.14. The van der Waals surface area contributed by atoms with Crippen LogP contribution < -0.4 is 0 Å². The maximum atomic E-state index is 5.60. The predicted molar refractivity (Wildman–Crippen MR) is 97.1 cm³/mol. The van der Waals surface area contributed by atoms with Crippen LogP contribution in [-0.4, -0.2) is 27.7 Å². The molecule has 0 saturated carbocycles. The molecule has 1 aliphatic rings. The van der Waals surface area contributed by atoms with Gasteiger partial charge in [0, 0.05) is 30.9 Å². The molecule has 0 amide bonds. The summed E-state index contributed by atoms with van der Waals surface area (Å²) in [5.74, 6) is 2.47. The zero-order chi connectivity index (χ0) is 16.5. The molecule has 4 rings (SSSR count). The van der Waals surface area contributed by atoms with E-state index in [-0.39, 0.29) is 0 Å². The number of hydrogen-bond acceptors (Lipinski definition) is 3. The van der Waals surface area contributed by atoms with Crippen LogP contribution in [-0.2, 0) is 17.7 Å². The Labute approximate surface area is 142 Å². The smallest absolute Gasteiger partial charge is 0.109 e. The second-order valence-electron chi connectivity index (χ2n) is 7.31. The number of aromatic nitrogens is 3. The third-order valence-corrected chi connectivity index (χ3v) is 4.97. The average molecular weight is 323 g/mol. The van der Waals surface area contributed by atoms with Gasteiger partial charge in [-0.1, -0.05) is 32.0 Å². The standard InChI is InChI=1S/C20H25N3O/c1-14(2)7-8-19-22-18-11-21-17-6-4-3-5-16(17)20(18)23(19)12-15-9-10-24-13-15/h3-6,11,14-15H,7-10,12-13H2,1-2H3. The minimum absolute atomic E-state index is 0.590. The first-order valence-electron chi connectivity index (χ1n) is 9.03. The van der Waals surface area contributed by atoms with E-state index >= 15 is 0 Å². The van der Waals surface area contributed by atoms with Gasteiger partial charge in [0.05, 0.1) is 23.8 Å². The first kappa shape index (κ1) is 15.6. The molecule has 0 radical (unpaired) electrons. The Hall–Kier alpha value is -1.94. The van der Waals surface area contributed by atoms with Crippen molar-refractivity contribution in [2.75, 3.05) is 13.2 Å². The molecular weight excluding hydrogens is 298 g/mol. The number of aryl methyl sites for hydroxylation is 1. The highest BCUT2D eigenvalue weighted by molar-refractivity contribution is 6.02. The van der Waals surface area contributed by atoms with Gasteiger partial charge < -0.3 is 9.30 Å². The first-order chi connectivity index (χ1) is 11.7. The van der Waals surface area contributed by atoms with E-state index in [4.69, 9.17) is 9.72 Å². The van der Waals surface area contributed by atoms with Crippen LogP contribution >= 0.6 is 0 Å². The van der Waals surface area contributed by atoms with Crippen LogP contribution in [0.4, 0.5) is 0 Å². The van der Waals surface area contributed by atoms with Gasteiger partial charge in [-0.05, 0) is 24.8 Å². The fourth-order valence-corrected chi connectivity index (χ4v) is 3.60. The molecule has 0 bridgehead atoms. The van der Waals surface area contributed by atoms with E-state index in [1.165, 1.54) is 16.7 Å². The second-order valence-corrected chi connectivity index (χ2v) is 7.31. The molecule has 24 heavy (non-hydrogen) atoms. The van der Waals surface area contributed by atoms with Crippen molar-refractivity contribution >= 4 is 21.9 Å². The maximum absolute atomic E-state index is 5.60. The van der Waals surface area contributed by atoms with Crippen molar-refractivity contribution in [3.05, 3.63) is 36.3 Å². The topological polar surface area (TPSA) is 39.9 Å². The van der Waals surface area contributed by atoms with Crippen LogP contribution in [0, 0.1) is 11.8 Å². The van der Waals surface area contributed by atoms with Crippen molar-refractivity contribution in [3.63, 3.8) is 0 Å². The second kappa shape index (κ2) is 6.52. The van der Waals surface area contributed by atoms with E-state index in [2.05, 4.69) is 41.6 Å². The van der Waals surface area contributed by atoms with Gasteiger partial charge in [0.15, 0.2) is 0 Å². The summed E-state index contributed by atoms with van der Waals surface area (Å²) < 4.78 is 8.04. The summed E-state index contributed by atoms with van der Waals surface area (Å²) in [5, 5.41) is 1.21. The highest BCUT2D eigenvalue weighted by atomic mass is 16.5. The highest BCUT2D eigenvalue weighted by Gasteiger charge is 2.21. The van der Waals surface area contributed by atoms with E-state index in [1.807, 2.05) is 12.3 Å². The van der Waals surface area contributed by atoms with Gasteiger partial charge in [0.25, 0.3) is 0 Å². The number of hydrogen-bond donors (Lipinski definition) is 0. The SMILES string of the molecule is CC(C)CCc1nc2cnc3ccccc3c2n1CC1CCOC1.